The molecular weight excluding hydrogens is 320 g/mol. The molecule has 4 heterocycles. The molecule has 7 nitrogen and oxygen atoms in total. The van der Waals surface area contributed by atoms with E-state index in [-0.39, 0.29) is 11.8 Å². The van der Waals surface area contributed by atoms with Crippen molar-refractivity contribution in [3.05, 3.63) is 54.1 Å². The molecule has 0 bridgehead atoms. The van der Waals surface area contributed by atoms with Crippen LogP contribution in [0.15, 0.2) is 45.7 Å². The van der Waals surface area contributed by atoms with Gasteiger partial charge in [-0.25, -0.2) is 0 Å². The molecule has 1 saturated heterocycles. The summed E-state index contributed by atoms with van der Waals surface area (Å²) in [7, 11) is 0. The van der Waals surface area contributed by atoms with Crippen molar-refractivity contribution in [2.24, 2.45) is 0 Å². The van der Waals surface area contributed by atoms with Crippen LogP contribution >= 0.6 is 0 Å². The Morgan fingerprint density at radius 3 is 3.04 bits per heavy atom. The summed E-state index contributed by atoms with van der Waals surface area (Å²) < 4.78 is 10.7. The van der Waals surface area contributed by atoms with Crippen LogP contribution in [0.2, 0.25) is 0 Å². The van der Waals surface area contributed by atoms with Gasteiger partial charge in [0.1, 0.15) is 0 Å². The van der Waals surface area contributed by atoms with Gasteiger partial charge in [0.25, 0.3) is 5.91 Å². The minimum absolute atomic E-state index is 0.0332. The highest BCUT2D eigenvalue weighted by molar-refractivity contribution is 5.91. The van der Waals surface area contributed by atoms with Crippen LogP contribution in [-0.4, -0.2) is 39.0 Å². The summed E-state index contributed by atoms with van der Waals surface area (Å²) in [4.78, 5) is 23.0. The van der Waals surface area contributed by atoms with Gasteiger partial charge in [0.2, 0.25) is 11.7 Å². The molecule has 0 spiro atoms. The Balaban J connectivity index is 1.52. The van der Waals surface area contributed by atoms with Gasteiger partial charge in [0.15, 0.2) is 5.76 Å². The number of carbonyl (C=O) groups is 1. The maximum absolute atomic E-state index is 12.5. The molecule has 0 radical (unpaired) electrons. The van der Waals surface area contributed by atoms with Crippen molar-refractivity contribution in [2.45, 2.75) is 25.7 Å². The van der Waals surface area contributed by atoms with Gasteiger partial charge in [0, 0.05) is 30.5 Å². The number of carbonyl (C=O) groups excluding carboxylic acids is 1. The van der Waals surface area contributed by atoms with E-state index in [9.17, 15) is 4.79 Å². The maximum atomic E-state index is 12.5. The molecule has 1 aliphatic heterocycles. The van der Waals surface area contributed by atoms with Crippen LogP contribution in [0.5, 0.6) is 0 Å². The van der Waals surface area contributed by atoms with Crippen LogP contribution in [0.4, 0.5) is 0 Å². The van der Waals surface area contributed by atoms with E-state index in [0.717, 1.165) is 24.1 Å². The summed E-state index contributed by atoms with van der Waals surface area (Å²) in [6.07, 6.45) is 5.05. The molecule has 1 fully saturated rings. The minimum Gasteiger partial charge on any atom is -0.459 e. The second kappa shape index (κ2) is 6.51. The Kier molecular flexibility index (Phi) is 4.05. The van der Waals surface area contributed by atoms with E-state index in [2.05, 4.69) is 15.1 Å². The number of aryl methyl sites for hydroxylation is 1. The largest absolute Gasteiger partial charge is 0.459 e. The number of hydrogen-bond acceptors (Lipinski definition) is 6. The van der Waals surface area contributed by atoms with Gasteiger partial charge in [-0.1, -0.05) is 5.16 Å². The van der Waals surface area contributed by atoms with Gasteiger partial charge in [-0.2, -0.15) is 4.98 Å². The van der Waals surface area contributed by atoms with Gasteiger partial charge >= 0.3 is 0 Å². The third kappa shape index (κ3) is 3.05. The molecule has 0 N–H and O–H groups in total. The average Bonchev–Trinajstić information content (AvgIpc) is 3.34. The Morgan fingerprint density at radius 1 is 1.32 bits per heavy atom. The van der Waals surface area contributed by atoms with Crippen molar-refractivity contribution in [3.8, 4) is 11.4 Å². The number of nitrogens with zero attached hydrogens (tertiary/aromatic N) is 4. The molecular formula is C18H18N4O3. The van der Waals surface area contributed by atoms with Gasteiger partial charge in [-0.05, 0) is 44.0 Å². The first-order valence-corrected chi connectivity index (χ1v) is 8.31. The smallest absolute Gasteiger partial charge is 0.289 e. The van der Waals surface area contributed by atoms with Gasteiger partial charge in [-0.15, -0.1) is 0 Å². The van der Waals surface area contributed by atoms with Crippen LogP contribution in [0.25, 0.3) is 11.4 Å². The summed E-state index contributed by atoms with van der Waals surface area (Å²) in [6, 6.07) is 7.17. The molecule has 0 saturated carbocycles. The molecule has 1 amide bonds. The Labute approximate surface area is 144 Å². The van der Waals surface area contributed by atoms with Crippen molar-refractivity contribution < 1.29 is 13.7 Å². The van der Waals surface area contributed by atoms with E-state index >= 15 is 0 Å². The molecule has 0 aliphatic carbocycles. The van der Waals surface area contributed by atoms with E-state index < -0.39 is 0 Å². The topological polar surface area (TPSA) is 85.3 Å². The first-order valence-electron chi connectivity index (χ1n) is 8.31. The van der Waals surface area contributed by atoms with Crippen LogP contribution in [0, 0.1) is 6.92 Å². The monoisotopic (exact) mass is 338 g/mol. The van der Waals surface area contributed by atoms with Crippen molar-refractivity contribution in [1.29, 1.82) is 0 Å². The fourth-order valence-corrected chi connectivity index (χ4v) is 3.15. The second-order valence-electron chi connectivity index (χ2n) is 6.16. The average molecular weight is 338 g/mol. The van der Waals surface area contributed by atoms with E-state index in [1.54, 1.807) is 23.2 Å². The zero-order valence-electron chi connectivity index (χ0n) is 13.9. The highest BCUT2D eigenvalue weighted by Gasteiger charge is 2.30. The number of furan rings is 1. The molecule has 25 heavy (non-hydrogen) atoms. The lowest BCUT2D eigenvalue weighted by Gasteiger charge is -2.30. The molecule has 1 aliphatic rings. The molecule has 1 atom stereocenters. The van der Waals surface area contributed by atoms with Crippen LogP contribution in [0.1, 0.15) is 40.9 Å². The van der Waals surface area contributed by atoms with E-state index in [4.69, 9.17) is 8.94 Å². The first kappa shape index (κ1) is 15.6. The predicted octanol–water partition coefficient (Wildman–Crippen LogP) is 3.05. The van der Waals surface area contributed by atoms with Crippen molar-refractivity contribution in [1.82, 2.24) is 20.0 Å². The number of aromatic nitrogens is 3. The number of piperidine rings is 1. The van der Waals surface area contributed by atoms with E-state index in [1.807, 2.05) is 19.1 Å². The summed E-state index contributed by atoms with van der Waals surface area (Å²) in [5.41, 5.74) is 1.71. The summed E-state index contributed by atoms with van der Waals surface area (Å²) in [5.74, 6) is 1.39. The molecule has 0 aromatic carbocycles. The Bertz CT molecular complexity index is 872. The van der Waals surface area contributed by atoms with Crippen LogP contribution < -0.4 is 0 Å². The lowest BCUT2D eigenvalue weighted by atomic mass is 9.97. The minimum atomic E-state index is -0.0995. The predicted molar refractivity (Wildman–Crippen MR) is 88.9 cm³/mol. The standard InChI is InChI=1S/C18H18N4O3/c1-12-14(6-2-8-19-12)16-20-17(25-21-16)13-5-3-9-22(11-13)18(23)15-7-4-10-24-15/h2,4,6-8,10,13H,3,5,9,11H2,1H3. The zero-order chi connectivity index (χ0) is 17.2. The third-order valence-electron chi connectivity index (χ3n) is 4.48. The number of pyridine rings is 1. The number of rotatable bonds is 3. The lowest BCUT2D eigenvalue weighted by Crippen LogP contribution is -2.39. The SMILES string of the molecule is Cc1ncccc1-c1noc(C2CCCN(C(=O)c3ccco3)C2)n1. The van der Waals surface area contributed by atoms with Crippen LogP contribution in [-0.2, 0) is 0 Å². The van der Waals surface area contributed by atoms with Crippen molar-refractivity contribution in [3.63, 3.8) is 0 Å². The molecule has 7 heteroatoms. The molecule has 128 valence electrons. The molecule has 3 aromatic heterocycles. The third-order valence-corrected chi connectivity index (χ3v) is 4.48. The number of likely N-dealkylation sites (tertiary alicyclic amines) is 1. The first-order chi connectivity index (χ1) is 12.2. The molecule has 1 unspecified atom stereocenters. The number of amides is 1. The summed E-state index contributed by atoms with van der Waals surface area (Å²) in [5, 5.41) is 4.09. The van der Waals surface area contributed by atoms with Gasteiger partial charge in [-0.3, -0.25) is 9.78 Å². The maximum Gasteiger partial charge on any atom is 0.289 e. The highest BCUT2D eigenvalue weighted by Crippen LogP contribution is 2.28. The summed E-state index contributed by atoms with van der Waals surface area (Å²) >= 11 is 0. The van der Waals surface area contributed by atoms with E-state index in [1.165, 1.54) is 6.26 Å². The van der Waals surface area contributed by atoms with Crippen molar-refractivity contribution >= 4 is 5.91 Å². The van der Waals surface area contributed by atoms with Crippen LogP contribution in [0.3, 0.4) is 0 Å². The van der Waals surface area contributed by atoms with Crippen molar-refractivity contribution in [2.75, 3.05) is 13.1 Å². The summed E-state index contributed by atoms with van der Waals surface area (Å²) in [6.45, 7) is 3.17. The van der Waals surface area contributed by atoms with Gasteiger partial charge < -0.3 is 13.8 Å². The zero-order valence-corrected chi connectivity index (χ0v) is 13.9. The number of hydrogen-bond donors (Lipinski definition) is 0. The lowest BCUT2D eigenvalue weighted by molar-refractivity contribution is 0.0663. The highest BCUT2D eigenvalue weighted by atomic mass is 16.5. The second-order valence-corrected chi connectivity index (χ2v) is 6.16. The molecule has 3 aromatic rings. The van der Waals surface area contributed by atoms with E-state index in [0.29, 0.717) is 30.6 Å². The Morgan fingerprint density at radius 2 is 2.24 bits per heavy atom. The Hall–Kier alpha value is -2.96. The normalized spacial score (nSPS) is 17.6. The fourth-order valence-electron chi connectivity index (χ4n) is 3.15. The molecule has 4 rings (SSSR count). The van der Waals surface area contributed by atoms with Gasteiger partial charge in [0.05, 0.1) is 12.2 Å². The quantitative estimate of drug-likeness (QED) is 0.729. The fraction of sp³-hybridized carbons (Fsp3) is 0.333.